The highest BCUT2D eigenvalue weighted by atomic mass is 14.3. The average molecular weight is 309 g/mol. The molecule has 0 heterocycles. The van der Waals surface area contributed by atoms with Gasteiger partial charge in [-0.15, -0.1) is 0 Å². The highest BCUT2D eigenvalue weighted by molar-refractivity contribution is 4.80. The lowest BCUT2D eigenvalue weighted by molar-refractivity contribution is 0.147. The van der Waals surface area contributed by atoms with Gasteiger partial charge in [-0.2, -0.15) is 0 Å². The van der Waals surface area contributed by atoms with Gasteiger partial charge in [0.15, 0.2) is 0 Å². The van der Waals surface area contributed by atoms with Gasteiger partial charge in [0.05, 0.1) is 0 Å². The van der Waals surface area contributed by atoms with Gasteiger partial charge in [0.2, 0.25) is 0 Å². The Balaban J connectivity index is 0.000000745. The molecule has 0 aromatic carbocycles. The molecule has 0 saturated heterocycles. The second-order valence-corrected chi connectivity index (χ2v) is 8.76. The molecule has 0 nitrogen and oxygen atoms in total. The zero-order valence-corrected chi connectivity index (χ0v) is 16.5. The van der Waals surface area contributed by atoms with Crippen molar-refractivity contribution in [3.05, 3.63) is 0 Å². The zero-order valence-electron chi connectivity index (χ0n) is 16.5. The van der Waals surface area contributed by atoms with Crippen LogP contribution in [0.2, 0.25) is 0 Å². The van der Waals surface area contributed by atoms with Gasteiger partial charge < -0.3 is 0 Å². The Bertz CT molecular complexity index is 269. The van der Waals surface area contributed by atoms with Gasteiger partial charge in [0.1, 0.15) is 0 Å². The lowest BCUT2D eigenvalue weighted by Crippen LogP contribution is -2.25. The van der Waals surface area contributed by atoms with Crippen molar-refractivity contribution in [2.24, 2.45) is 35.5 Å². The Morgan fingerprint density at radius 2 is 1.36 bits per heavy atom. The van der Waals surface area contributed by atoms with Gasteiger partial charge in [-0.3, -0.25) is 0 Å². The van der Waals surface area contributed by atoms with Crippen LogP contribution in [-0.2, 0) is 0 Å². The smallest absolute Gasteiger partial charge is 0.0386 e. The normalized spacial score (nSPS) is 39.0. The molecule has 2 saturated carbocycles. The van der Waals surface area contributed by atoms with E-state index in [1.807, 2.05) is 0 Å². The average Bonchev–Trinajstić information content (AvgIpc) is 2.49. The minimum Gasteiger partial charge on any atom is -0.0656 e. The van der Waals surface area contributed by atoms with Crippen molar-refractivity contribution in [2.75, 3.05) is 0 Å². The summed E-state index contributed by atoms with van der Waals surface area (Å²) < 4.78 is 0. The summed E-state index contributed by atoms with van der Waals surface area (Å²) in [6, 6.07) is 0. The summed E-state index contributed by atoms with van der Waals surface area (Å²) in [4.78, 5) is 0. The maximum absolute atomic E-state index is 2.51. The standard InChI is InChI=1S/C19H36.C3H8/c1-5-18-10-8-17(13-16(18)4)9-11-19-12-14(2)6-7-15(19)3;1-3-2/h14-19H,5-13H2,1-4H3;3H2,1-2H3. The molecular weight excluding hydrogens is 264 g/mol. The van der Waals surface area contributed by atoms with Crippen LogP contribution in [0.1, 0.15) is 106 Å². The van der Waals surface area contributed by atoms with E-state index in [9.17, 15) is 0 Å². The van der Waals surface area contributed by atoms with Crippen LogP contribution in [0.3, 0.4) is 0 Å². The van der Waals surface area contributed by atoms with Crippen LogP contribution >= 0.6 is 0 Å². The molecule has 2 fully saturated rings. The third kappa shape index (κ3) is 6.63. The monoisotopic (exact) mass is 308 g/mol. The first-order chi connectivity index (χ1) is 10.5. The molecule has 6 atom stereocenters. The summed E-state index contributed by atoms with van der Waals surface area (Å²) in [6.07, 6.45) is 14.8. The molecule has 0 heteroatoms. The van der Waals surface area contributed by atoms with Crippen molar-refractivity contribution in [1.29, 1.82) is 0 Å². The zero-order chi connectivity index (χ0) is 16.5. The number of rotatable bonds is 4. The molecule has 0 aromatic rings. The molecule has 22 heavy (non-hydrogen) atoms. The van der Waals surface area contributed by atoms with Gasteiger partial charge >= 0.3 is 0 Å². The fraction of sp³-hybridized carbons (Fsp3) is 1.00. The quantitative estimate of drug-likeness (QED) is 0.498. The molecule has 0 aromatic heterocycles. The van der Waals surface area contributed by atoms with E-state index in [1.54, 1.807) is 0 Å². The van der Waals surface area contributed by atoms with E-state index < -0.39 is 0 Å². The fourth-order valence-corrected chi connectivity index (χ4v) is 4.94. The molecule has 0 aliphatic heterocycles. The molecule has 132 valence electrons. The van der Waals surface area contributed by atoms with Crippen LogP contribution in [-0.4, -0.2) is 0 Å². The summed E-state index contributed by atoms with van der Waals surface area (Å²) >= 11 is 0. The van der Waals surface area contributed by atoms with Crippen molar-refractivity contribution in [3.63, 3.8) is 0 Å². The molecule has 2 aliphatic carbocycles. The van der Waals surface area contributed by atoms with Crippen LogP contribution in [0, 0.1) is 35.5 Å². The van der Waals surface area contributed by atoms with E-state index in [1.165, 1.54) is 64.2 Å². The van der Waals surface area contributed by atoms with E-state index >= 15 is 0 Å². The maximum Gasteiger partial charge on any atom is -0.0386 e. The Morgan fingerprint density at radius 3 is 1.95 bits per heavy atom. The topological polar surface area (TPSA) is 0 Å². The molecule has 0 spiro atoms. The Labute approximate surface area is 141 Å². The summed E-state index contributed by atoms with van der Waals surface area (Å²) in [5, 5.41) is 0. The highest BCUT2D eigenvalue weighted by Crippen LogP contribution is 2.41. The molecule has 6 unspecified atom stereocenters. The van der Waals surface area contributed by atoms with Crippen LogP contribution in [0.25, 0.3) is 0 Å². The fourth-order valence-electron chi connectivity index (χ4n) is 4.94. The first kappa shape index (κ1) is 20.0. The molecule has 0 radical (unpaired) electrons. The van der Waals surface area contributed by atoms with Gasteiger partial charge in [-0.05, 0) is 61.2 Å². The van der Waals surface area contributed by atoms with E-state index in [4.69, 9.17) is 0 Å². The molecule has 2 rings (SSSR count). The SMILES string of the molecule is CCC.CCC1CCC(CCC2CC(C)CCC2C)CC1C. The van der Waals surface area contributed by atoms with Gasteiger partial charge in [0.25, 0.3) is 0 Å². The molecule has 0 N–H and O–H groups in total. The van der Waals surface area contributed by atoms with Crippen LogP contribution in [0.4, 0.5) is 0 Å². The summed E-state index contributed by atoms with van der Waals surface area (Å²) in [5.41, 5.74) is 0. The minimum atomic E-state index is 0.992. The first-order valence-electron chi connectivity index (χ1n) is 10.5. The van der Waals surface area contributed by atoms with Gasteiger partial charge in [-0.1, -0.05) is 80.1 Å². The predicted molar refractivity (Wildman–Crippen MR) is 101 cm³/mol. The third-order valence-electron chi connectivity index (χ3n) is 6.55. The van der Waals surface area contributed by atoms with Gasteiger partial charge in [0, 0.05) is 0 Å². The Hall–Kier alpha value is 0. The summed E-state index contributed by atoms with van der Waals surface area (Å²) in [7, 11) is 0. The van der Waals surface area contributed by atoms with E-state index in [2.05, 4.69) is 41.5 Å². The maximum atomic E-state index is 2.51. The van der Waals surface area contributed by atoms with Gasteiger partial charge in [-0.25, -0.2) is 0 Å². The lowest BCUT2D eigenvalue weighted by Gasteiger charge is -2.37. The van der Waals surface area contributed by atoms with E-state index in [-0.39, 0.29) is 0 Å². The van der Waals surface area contributed by atoms with Crippen LogP contribution < -0.4 is 0 Å². The van der Waals surface area contributed by atoms with Crippen molar-refractivity contribution < 1.29 is 0 Å². The van der Waals surface area contributed by atoms with Crippen LogP contribution in [0.15, 0.2) is 0 Å². The van der Waals surface area contributed by atoms with Crippen molar-refractivity contribution >= 4 is 0 Å². The number of hydrogen-bond acceptors (Lipinski definition) is 0. The second kappa shape index (κ2) is 10.7. The summed E-state index contributed by atoms with van der Waals surface area (Å²) in [6.45, 7) is 14.1. The lowest BCUT2D eigenvalue weighted by atomic mass is 9.69. The van der Waals surface area contributed by atoms with Crippen LogP contribution in [0.5, 0.6) is 0 Å². The first-order valence-corrected chi connectivity index (χ1v) is 10.5. The van der Waals surface area contributed by atoms with E-state index in [0.717, 1.165) is 35.5 Å². The molecular formula is C22H44. The highest BCUT2D eigenvalue weighted by Gasteiger charge is 2.29. The predicted octanol–water partition coefficient (Wildman–Crippen LogP) is 7.72. The third-order valence-corrected chi connectivity index (χ3v) is 6.55. The Kier molecular flexibility index (Phi) is 9.76. The van der Waals surface area contributed by atoms with E-state index in [0.29, 0.717) is 0 Å². The largest absolute Gasteiger partial charge is 0.0656 e. The van der Waals surface area contributed by atoms with Crippen molar-refractivity contribution in [1.82, 2.24) is 0 Å². The molecule has 2 aliphatic rings. The Morgan fingerprint density at radius 1 is 0.682 bits per heavy atom. The molecule has 0 amide bonds. The second-order valence-electron chi connectivity index (χ2n) is 8.76. The number of hydrogen-bond donors (Lipinski definition) is 0. The summed E-state index contributed by atoms with van der Waals surface area (Å²) in [5.74, 6) is 6.12. The minimum absolute atomic E-state index is 0.992. The molecule has 0 bridgehead atoms. The van der Waals surface area contributed by atoms with Crippen molar-refractivity contribution in [2.45, 2.75) is 106 Å². The van der Waals surface area contributed by atoms with Crippen molar-refractivity contribution in [3.8, 4) is 0 Å².